The monoisotopic (exact) mass is 401 g/mol. The van der Waals surface area contributed by atoms with Crippen molar-refractivity contribution in [1.29, 1.82) is 0 Å². The van der Waals surface area contributed by atoms with Gasteiger partial charge in [0.15, 0.2) is 0 Å². The van der Waals surface area contributed by atoms with Crippen LogP contribution >= 0.6 is 33.9 Å². The van der Waals surface area contributed by atoms with E-state index in [1.165, 1.54) is 36.2 Å². The van der Waals surface area contributed by atoms with Crippen LogP contribution in [0.15, 0.2) is 66.0 Å². The van der Waals surface area contributed by atoms with Gasteiger partial charge in [0.2, 0.25) is 0 Å². The van der Waals surface area contributed by atoms with Crippen molar-refractivity contribution in [2.75, 3.05) is 0 Å². The minimum atomic E-state index is 1.19. The number of nitrogens with one attached hydrogen (secondary N) is 1. The van der Waals surface area contributed by atoms with Gasteiger partial charge >= 0.3 is 0 Å². The van der Waals surface area contributed by atoms with Crippen molar-refractivity contribution in [2.24, 2.45) is 0 Å². The van der Waals surface area contributed by atoms with Gasteiger partial charge in [0.05, 0.1) is 5.69 Å². The molecular formula is C18H12INS. The van der Waals surface area contributed by atoms with Crippen molar-refractivity contribution in [3.05, 3.63) is 69.6 Å². The van der Waals surface area contributed by atoms with E-state index < -0.39 is 0 Å². The Hall–Kier alpha value is -1.59. The van der Waals surface area contributed by atoms with Crippen molar-refractivity contribution < 1.29 is 0 Å². The number of hydrogen-bond acceptors (Lipinski definition) is 1. The van der Waals surface area contributed by atoms with Gasteiger partial charge in [-0.05, 0) is 57.8 Å². The molecule has 0 aliphatic rings. The summed E-state index contributed by atoms with van der Waals surface area (Å²) in [6, 6.07) is 21.5. The number of fused-ring (bicyclic) bond motifs is 1. The minimum Gasteiger partial charge on any atom is -0.354 e. The number of halogens is 1. The summed E-state index contributed by atoms with van der Waals surface area (Å²) in [7, 11) is 0. The molecule has 0 aliphatic heterocycles. The second kappa shape index (κ2) is 5.31. The third-order valence-electron chi connectivity index (χ3n) is 3.61. The Morgan fingerprint density at radius 2 is 1.67 bits per heavy atom. The van der Waals surface area contributed by atoms with Gasteiger partial charge in [-0.1, -0.05) is 36.4 Å². The molecule has 2 aromatic carbocycles. The van der Waals surface area contributed by atoms with Crippen molar-refractivity contribution >= 4 is 44.8 Å². The van der Waals surface area contributed by atoms with E-state index >= 15 is 0 Å². The summed E-state index contributed by atoms with van der Waals surface area (Å²) in [6.07, 6.45) is 0. The molecule has 0 saturated heterocycles. The zero-order valence-electron chi connectivity index (χ0n) is 11.1. The molecule has 1 nitrogen and oxygen atoms in total. The maximum atomic E-state index is 3.59. The number of aromatic nitrogens is 1. The fraction of sp³-hybridized carbons (Fsp3) is 0. The molecule has 3 heteroatoms. The Morgan fingerprint density at radius 1 is 0.857 bits per heavy atom. The molecule has 0 fully saturated rings. The average molecular weight is 401 g/mol. The fourth-order valence-corrected chi connectivity index (χ4v) is 3.80. The molecule has 1 N–H and O–H groups in total. The zero-order valence-corrected chi connectivity index (χ0v) is 14.1. The van der Waals surface area contributed by atoms with E-state index in [1.807, 2.05) is 0 Å². The molecule has 21 heavy (non-hydrogen) atoms. The highest BCUT2D eigenvalue weighted by molar-refractivity contribution is 14.1. The van der Waals surface area contributed by atoms with E-state index in [-0.39, 0.29) is 0 Å². The van der Waals surface area contributed by atoms with Gasteiger partial charge in [-0.2, -0.15) is 0 Å². The molecule has 0 aliphatic carbocycles. The third kappa shape index (κ3) is 2.30. The number of thiophene rings is 1. The van der Waals surface area contributed by atoms with Gasteiger partial charge in [0.1, 0.15) is 0 Å². The maximum Gasteiger partial charge on any atom is 0.0552 e. The van der Waals surface area contributed by atoms with Crippen LogP contribution < -0.4 is 0 Å². The topological polar surface area (TPSA) is 15.8 Å². The molecule has 0 atom stereocenters. The van der Waals surface area contributed by atoms with Crippen LogP contribution in [0.4, 0.5) is 0 Å². The Balaban J connectivity index is 2.04. The number of hydrogen-bond donors (Lipinski definition) is 1. The minimum absolute atomic E-state index is 1.19. The standard InChI is InChI=1S/C18H12INS/c19-13-9-7-12(8-10-13)18-17(16-6-3-11-21-16)14-4-1-2-5-15(14)20-18/h1-11,20H. The van der Waals surface area contributed by atoms with Gasteiger partial charge in [-0.25, -0.2) is 0 Å². The predicted octanol–water partition coefficient (Wildman–Crippen LogP) is 6.17. The first-order chi connectivity index (χ1) is 10.3. The molecule has 4 aromatic rings. The smallest absolute Gasteiger partial charge is 0.0552 e. The molecule has 0 radical (unpaired) electrons. The van der Waals surface area contributed by atoms with Crippen LogP contribution in [0, 0.1) is 3.57 Å². The quantitative estimate of drug-likeness (QED) is 0.387. The number of H-pyrrole nitrogens is 1. The van der Waals surface area contributed by atoms with E-state index in [4.69, 9.17) is 0 Å². The first kappa shape index (κ1) is 13.1. The van der Waals surface area contributed by atoms with E-state index in [9.17, 15) is 0 Å². The fourth-order valence-electron chi connectivity index (χ4n) is 2.65. The number of rotatable bonds is 2. The molecule has 2 heterocycles. The molecule has 4 rings (SSSR count). The molecule has 0 unspecified atom stereocenters. The Labute approximate surface area is 140 Å². The zero-order chi connectivity index (χ0) is 14.2. The Bertz CT molecular complexity index is 889. The summed E-state index contributed by atoms with van der Waals surface area (Å²) in [5, 5.41) is 3.42. The highest BCUT2D eigenvalue weighted by Crippen LogP contribution is 2.40. The largest absolute Gasteiger partial charge is 0.354 e. The van der Waals surface area contributed by atoms with E-state index in [0.29, 0.717) is 0 Å². The van der Waals surface area contributed by atoms with Crippen LogP contribution in [-0.4, -0.2) is 4.98 Å². The lowest BCUT2D eigenvalue weighted by molar-refractivity contribution is 1.45. The van der Waals surface area contributed by atoms with Crippen molar-refractivity contribution in [3.63, 3.8) is 0 Å². The predicted molar refractivity (Wildman–Crippen MR) is 99.8 cm³/mol. The highest BCUT2D eigenvalue weighted by atomic mass is 127. The Morgan fingerprint density at radius 3 is 2.43 bits per heavy atom. The van der Waals surface area contributed by atoms with Crippen LogP contribution in [0.25, 0.3) is 32.6 Å². The van der Waals surface area contributed by atoms with Crippen molar-refractivity contribution in [2.45, 2.75) is 0 Å². The van der Waals surface area contributed by atoms with Gasteiger partial charge in [0, 0.05) is 24.9 Å². The number of para-hydroxylation sites is 1. The highest BCUT2D eigenvalue weighted by Gasteiger charge is 2.15. The normalized spacial score (nSPS) is 11.1. The van der Waals surface area contributed by atoms with Crippen molar-refractivity contribution in [1.82, 2.24) is 4.98 Å². The van der Waals surface area contributed by atoms with E-state index in [0.717, 1.165) is 0 Å². The molecule has 0 saturated carbocycles. The molecule has 102 valence electrons. The van der Waals surface area contributed by atoms with Crippen LogP contribution in [0.2, 0.25) is 0 Å². The summed E-state index contributed by atoms with van der Waals surface area (Å²) < 4.78 is 1.25. The SMILES string of the molecule is Ic1ccc(-c2[nH]c3ccccc3c2-c2cccs2)cc1. The van der Waals surface area contributed by atoms with Crippen molar-refractivity contribution in [3.8, 4) is 21.7 Å². The second-order valence-corrected chi connectivity index (χ2v) is 7.10. The van der Waals surface area contributed by atoms with Crippen LogP contribution in [0.1, 0.15) is 0 Å². The third-order valence-corrected chi connectivity index (χ3v) is 5.21. The maximum absolute atomic E-state index is 3.59. The first-order valence-electron chi connectivity index (χ1n) is 6.73. The van der Waals surface area contributed by atoms with E-state index in [1.54, 1.807) is 11.3 Å². The molecular weight excluding hydrogens is 389 g/mol. The summed E-state index contributed by atoms with van der Waals surface area (Å²) in [4.78, 5) is 4.90. The first-order valence-corrected chi connectivity index (χ1v) is 8.69. The van der Waals surface area contributed by atoms with Crippen LogP contribution in [0.5, 0.6) is 0 Å². The summed E-state index contributed by atoms with van der Waals surface area (Å²) in [6.45, 7) is 0. The molecule has 0 spiro atoms. The lowest BCUT2D eigenvalue weighted by Gasteiger charge is -2.03. The molecule has 0 amide bonds. The Kier molecular flexibility index (Phi) is 3.31. The number of benzene rings is 2. The van der Waals surface area contributed by atoms with Gasteiger partial charge in [0.25, 0.3) is 0 Å². The number of aromatic amines is 1. The lowest BCUT2D eigenvalue weighted by atomic mass is 10.0. The van der Waals surface area contributed by atoms with E-state index in [2.05, 4.69) is 93.6 Å². The van der Waals surface area contributed by atoms with Gasteiger partial charge in [-0.3, -0.25) is 0 Å². The molecule has 0 bridgehead atoms. The summed E-state index contributed by atoms with van der Waals surface area (Å²) in [5.74, 6) is 0. The van der Waals surface area contributed by atoms with Gasteiger partial charge in [-0.15, -0.1) is 11.3 Å². The molecule has 2 aromatic heterocycles. The summed E-state index contributed by atoms with van der Waals surface area (Å²) >= 11 is 4.13. The second-order valence-electron chi connectivity index (χ2n) is 4.90. The van der Waals surface area contributed by atoms with Gasteiger partial charge < -0.3 is 4.98 Å². The lowest BCUT2D eigenvalue weighted by Crippen LogP contribution is -1.81. The average Bonchev–Trinajstić information content (AvgIpc) is 3.14. The van der Waals surface area contributed by atoms with Crippen LogP contribution in [-0.2, 0) is 0 Å². The summed E-state index contributed by atoms with van der Waals surface area (Å²) in [5.41, 5.74) is 4.93. The van der Waals surface area contributed by atoms with Crippen LogP contribution in [0.3, 0.4) is 0 Å².